The zero-order chi connectivity index (χ0) is 17.1. The predicted molar refractivity (Wildman–Crippen MR) is 93.5 cm³/mol. The molecule has 4 nitrogen and oxygen atoms in total. The van der Waals surface area contributed by atoms with Crippen LogP contribution >= 0.6 is 11.8 Å². The number of ether oxygens (including phenoxy) is 1. The molecule has 0 saturated carbocycles. The Morgan fingerprint density at radius 2 is 2.00 bits per heavy atom. The monoisotopic (exact) mass is 345 g/mol. The minimum absolute atomic E-state index is 0.169. The summed E-state index contributed by atoms with van der Waals surface area (Å²) in [5, 5.41) is 3.33. The normalized spacial score (nSPS) is 11.7. The van der Waals surface area contributed by atoms with Gasteiger partial charge in [-0.05, 0) is 42.5 Å². The summed E-state index contributed by atoms with van der Waals surface area (Å²) in [4.78, 5) is 6.26. The second-order valence-electron chi connectivity index (χ2n) is 5.05. The first-order chi connectivity index (χ1) is 11.1. The summed E-state index contributed by atoms with van der Waals surface area (Å²) in [5.74, 6) is 2.16. The molecule has 0 bridgehead atoms. The van der Waals surface area contributed by atoms with Crippen molar-refractivity contribution in [3.63, 3.8) is 0 Å². The van der Waals surface area contributed by atoms with Crippen molar-refractivity contribution in [2.75, 3.05) is 32.6 Å². The first-order valence-corrected chi connectivity index (χ1v) is 8.90. The Morgan fingerprint density at radius 1 is 1.30 bits per heavy atom. The first-order valence-electron chi connectivity index (χ1n) is 7.51. The summed E-state index contributed by atoms with van der Waals surface area (Å²) in [7, 11) is 3.70. The minimum Gasteiger partial charge on any atom is -0.435 e. The molecule has 1 aromatic rings. The van der Waals surface area contributed by atoms with Crippen LogP contribution in [0.15, 0.2) is 29.3 Å². The molecule has 7 heteroatoms. The van der Waals surface area contributed by atoms with Crippen LogP contribution in [-0.4, -0.2) is 50.1 Å². The molecule has 130 valence electrons. The molecule has 0 atom stereocenters. The van der Waals surface area contributed by atoms with E-state index in [1.807, 2.05) is 23.7 Å². The van der Waals surface area contributed by atoms with E-state index in [4.69, 9.17) is 0 Å². The van der Waals surface area contributed by atoms with Gasteiger partial charge < -0.3 is 15.0 Å². The molecule has 0 fully saturated rings. The maximum atomic E-state index is 12.1. The number of guanidine groups is 1. The molecule has 0 spiro atoms. The maximum Gasteiger partial charge on any atom is 0.387 e. The number of rotatable bonds is 9. The fourth-order valence-corrected chi connectivity index (χ4v) is 2.57. The van der Waals surface area contributed by atoms with Gasteiger partial charge in [-0.3, -0.25) is 4.99 Å². The van der Waals surface area contributed by atoms with Crippen LogP contribution in [0.5, 0.6) is 5.75 Å². The molecular weight excluding hydrogens is 320 g/mol. The number of hydrogen-bond donors (Lipinski definition) is 1. The predicted octanol–water partition coefficient (Wildman–Crippen LogP) is 3.44. The highest BCUT2D eigenvalue weighted by Crippen LogP contribution is 2.15. The highest BCUT2D eigenvalue weighted by molar-refractivity contribution is 7.98. The van der Waals surface area contributed by atoms with Gasteiger partial charge in [-0.2, -0.15) is 20.5 Å². The van der Waals surface area contributed by atoms with E-state index in [1.54, 1.807) is 31.3 Å². The molecule has 0 unspecified atom stereocenters. The highest BCUT2D eigenvalue weighted by atomic mass is 32.2. The van der Waals surface area contributed by atoms with Gasteiger partial charge in [0, 0.05) is 27.2 Å². The Labute approximate surface area is 141 Å². The van der Waals surface area contributed by atoms with Crippen LogP contribution in [-0.2, 0) is 6.54 Å². The number of benzene rings is 1. The quantitative estimate of drug-likeness (QED) is 0.423. The number of thioether (sulfide) groups is 1. The van der Waals surface area contributed by atoms with Crippen molar-refractivity contribution in [1.82, 2.24) is 10.2 Å². The number of alkyl halides is 2. The van der Waals surface area contributed by atoms with Crippen molar-refractivity contribution in [1.29, 1.82) is 0 Å². The van der Waals surface area contributed by atoms with Crippen molar-refractivity contribution < 1.29 is 13.5 Å². The summed E-state index contributed by atoms with van der Waals surface area (Å²) in [6, 6.07) is 6.65. The van der Waals surface area contributed by atoms with Crippen LogP contribution in [0.25, 0.3) is 0 Å². The second kappa shape index (κ2) is 11.1. The van der Waals surface area contributed by atoms with Crippen molar-refractivity contribution >= 4 is 17.7 Å². The van der Waals surface area contributed by atoms with Gasteiger partial charge in [0.05, 0.1) is 0 Å². The lowest BCUT2D eigenvalue weighted by Gasteiger charge is -2.22. The number of aliphatic imine (C=N–C) groups is 1. The molecule has 23 heavy (non-hydrogen) atoms. The third kappa shape index (κ3) is 8.06. The molecular formula is C16H25F2N3OS. The zero-order valence-corrected chi connectivity index (χ0v) is 14.7. The van der Waals surface area contributed by atoms with E-state index < -0.39 is 6.61 Å². The SMILES string of the molecule is CN=C(NCCCCSC)N(C)Cc1ccc(OC(F)F)cc1. The van der Waals surface area contributed by atoms with Crippen molar-refractivity contribution in [2.24, 2.45) is 4.99 Å². The Morgan fingerprint density at radius 3 is 2.57 bits per heavy atom. The molecule has 0 heterocycles. The van der Waals surface area contributed by atoms with E-state index in [2.05, 4.69) is 21.3 Å². The fraction of sp³-hybridized carbons (Fsp3) is 0.562. The average Bonchev–Trinajstić information content (AvgIpc) is 2.52. The van der Waals surface area contributed by atoms with Gasteiger partial charge in [0.1, 0.15) is 5.75 Å². The van der Waals surface area contributed by atoms with Gasteiger partial charge in [0.2, 0.25) is 0 Å². The highest BCUT2D eigenvalue weighted by Gasteiger charge is 2.07. The Balaban J connectivity index is 2.44. The lowest BCUT2D eigenvalue weighted by atomic mass is 10.2. The molecule has 0 radical (unpaired) electrons. The van der Waals surface area contributed by atoms with Gasteiger partial charge in [0.15, 0.2) is 5.96 Å². The third-order valence-electron chi connectivity index (χ3n) is 3.20. The summed E-state index contributed by atoms with van der Waals surface area (Å²) in [5.41, 5.74) is 0.999. The van der Waals surface area contributed by atoms with Crippen molar-refractivity contribution in [2.45, 2.75) is 26.0 Å². The van der Waals surface area contributed by atoms with Gasteiger partial charge in [-0.25, -0.2) is 0 Å². The topological polar surface area (TPSA) is 36.9 Å². The number of nitrogens with zero attached hydrogens (tertiary/aromatic N) is 2. The van der Waals surface area contributed by atoms with Crippen LogP contribution in [0.1, 0.15) is 18.4 Å². The summed E-state index contributed by atoms with van der Waals surface area (Å²) in [6.45, 7) is -1.27. The average molecular weight is 345 g/mol. The van der Waals surface area contributed by atoms with E-state index in [0.717, 1.165) is 24.5 Å². The van der Waals surface area contributed by atoms with Crippen LogP contribution < -0.4 is 10.1 Å². The smallest absolute Gasteiger partial charge is 0.387 e. The molecule has 1 rings (SSSR count). The summed E-state index contributed by atoms with van der Waals surface area (Å²) < 4.78 is 28.6. The van der Waals surface area contributed by atoms with Crippen LogP contribution in [0, 0.1) is 0 Å². The van der Waals surface area contributed by atoms with E-state index >= 15 is 0 Å². The Bertz CT molecular complexity index is 469. The lowest BCUT2D eigenvalue weighted by molar-refractivity contribution is -0.0498. The van der Waals surface area contributed by atoms with Crippen LogP contribution in [0.2, 0.25) is 0 Å². The molecule has 0 amide bonds. The van der Waals surface area contributed by atoms with Crippen molar-refractivity contribution in [3.8, 4) is 5.75 Å². The molecule has 1 aromatic carbocycles. The van der Waals surface area contributed by atoms with Crippen molar-refractivity contribution in [3.05, 3.63) is 29.8 Å². The van der Waals surface area contributed by atoms with Crippen LogP contribution in [0.3, 0.4) is 0 Å². The third-order valence-corrected chi connectivity index (χ3v) is 3.90. The summed E-state index contributed by atoms with van der Waals surface area (Å²) in [6.07, 6.45) is 4.39. The summed E-state index contributed by atoms with van der Waals surface area (Å²) >= 11 is 1.85. The Kier molecular flexibility index (Phi) is 9.43. The molecule has 0 saturated heterocycles. The molecule has 0 aromatic heterocycles. The molecule has 0 aliphatic rings. The zero-order valence-electron chi connectivity index (χ0n) is 13.9. The second-order valence-corrected chi connectivity index (χ2v) is 6.04. The van der Waals surface area contributed by atoms with E-state index in [0.29, 0.717) is 6.54 Å². The largest absolute Gasteiger partial charge is 0.435 e. The van der Waals surface area contributed by atoms with Crippen LogP contribution in [0.4, 0.5) is 8.78 Å². The Hall–Kier alpha value is -1.50. The number of nitrogens with one attached hydrogen (secondary N) is 1. The number of unbranched alkanes of at least 4 members (excludes halogenated alkanes) is 1. The van der Waals surface area contributed by atoms with E-state index in [9.17, 15) is 8.78 Å². The van der Waals surface area contributed by atoms with Gasteiger partial charge >= 0.3 is 6.61 Å². The first kappa shape index (κ1) is 19.5. The number of halogens is 2. The van der Waals surface area contributed by atoms with Gasteiger partial charge in [0.25, 0.3) is 0 Å². The van der Waals surface area contributed by atoms with E-state index in [-0.39, 0.29) is 5.75 Å². The maximum absolute atomic E-state index is 12.1. The molecule has 0 aliphatic heterocycles. The van der Waals surface area contributed by atoms with E-state index in [1.165, 1.54) is 12.2 Å². The molecule has 1 N–H and O–H groups in total. The fourth-order valence-electron chi connectivity index (χ4n) is 2.08. The lowest BCUT2D eigenvalue weighted by Crippen LogP contribution is -2.38. The number of hydrogen-bond acceptors (Lipinski definition) is 3. The van der Waals surface area contributed by atoms with Gasteiger partial charge in [-0.1, -0.05) is 12.1 Å². The minimum atomic E-state index is -2.79. The van der Waals surface area contributed by atoms with Gasteiger partial charge in [-0.15, -0.1) is 0 Å². The molecule has 0 aliphatic carbocycles. The standard InChI is InChI=1S/C16H25F2N3OS/c1-19-16(20-10-4-5-11-23-3)21(2)12-13-6-8-14(9-7-13)22-15(17)18/h6-9,15H,4-5,10-12H2,1-3H3,(H,19,20).